The first-order valence-electron chi connectivity index (χ1n) is 4.63. The maximum atomic E-state index is 10.6. The van der Waals surface area contributed by atoms with E-state index in [9.17, 15) is 8.42 Å². The van der Waals surface area contributed by atoms with Crippen LogP contribution in [0.15, 0.2) is 16.6 Å². The van der Waals surface area contributed by atoms with Crippen LogP contribution in [0.1, 0.15) is 13.3 Å². The Bertz CT molecular complexity index is 426. The molecule has 0 amide bonds. The number of hydrogen-bond donors (Lipinski definition) is 1. The number of hydrogen-bond acceptors (Lipinski definition) is 3. The molecule has 0 aliphatic carbocycles. The molecule has 0 aromatic heterocycles. The minimum absolute atomic E-state index is 0.319. The summed E-state index contributed by atoms with van der Waals surface area (Å²) in [7, 11) is -2.38. The number of thiol groups is 1. The molecule has 0 aliphatic heterocycles. The number of halogens is 2. The molecule has 16 heavy (non-hydrogen) atoms. The lowest BCUT2D eigenvalue weighted by Gasteiger charge is -2.09. The summed E-state index contributed by atoms with van der Waals surface area (Å²) in [6.45, 7) is 1.96. The van der Waals surface area contributed by atoms with Crippen molar-refractivity contribution in [2.45, 2.75) is 18.6 Å². The molecule has 6 heteroatoms. The molecule has 0 spiro atoms. The number of benzene rings is 1. The fraction of sp³-hybridized carbons (Fsp3) is 0.400. The van der Waals surface area contributed by atoms with Crippen molar-refractivity contribution >= 4 is 38.2 Å². The lowest BCUT2D eigenvalue weighted by Crippen LogP contribution is -2.10. The maximum Gasteiger partial charge on any atom is 0.142 e. The van der Waals surface area contributed by atoms with E-state index in [-0.39, 0.29) is 5.25 Å². The highest BCUT2D eigenvalue weighted by Crippen LogP contribution is 2.27. The minimum Gasteiger partial charge on any atom is -0.492 e. The summed E-state index contributed by atoms with van der Waals surface area (Å²) < 4.78 is 27.3. The smallest absolute Gasteiger partial charge is 0.142 e. The largest absolute Gasteiger partial charge is 0.492 e. The second-order valence-corrected chi connectivity index (χ2v) is 5.98. The lowest BCUT2D eigenvalue weighted by atomic mass is 10.3. The molecule has 0 aliphatic rings. The zero-order chi connectivity index (χ0) is 12.1. The van der Waals surface area contributed by atoms with Crippen molar-refractivity contribution in [3.63, 3.8) is 0 Å². The molecular formula is C10H11BrClO3S. The van der Waals surface area contributed by atoms with Crippen molar-refractivity contribution in [1.82, 2.24) is 0 Å². The topological polar surface area (TPSA) is 43.4 Å². The van der Waals surface area contributed by atoms with E-state index in [4.69, 9.17) is 16.3 Å². The molecule has 1 radical (unpaired) electrons. The average Bonchev–Trinajstić information content (AvgIpc) is 2.20. The normalized spacial score (nSPS) is 12.8. The summed E-state index contributed by atoms with van der Waals surface area (Å²) in [4.78, 5) is 0. The molecule has 1 unspecified atom stereocenters. The maximum absolute atomic E-state index is 10.6. The summed E-state index contributed by atoms with van der Waals surface area (Å²) in [5.74, 6) is 0.512. The van der Waals surface area contributed by atoms with Crippen LogP contribution in [0.25, 0.3) is 0 Å². The molecule has 0 saturated heterocycles. The Balaban J connectivity index is 2.49. The SMILES string of the molecule is CC(CCOc1c[c]c(Br)cc1Cl)[SH](=O)=O. The van der Waals surface area contributed by atoms with Gasteiger partial charge >= 0.3 is 0 Å². The predicted molar refractivity (Wildman–Crippen MR) is 67.9 cm³/mol. The van der Waals surface area contributed by atoms with Crippen molar-refractivity contribution in [1.29, 1.82) is 0 Å². The van der Waals surface area contributed by atoms with Gasteiger partial charge in [0.05, 0.1) is 16.9 Å². The average molecular weight is 327 g/mol. The van der Waals surface area contributed by atoms with Gasteiger partial charge in [-0.25, -0.2) is 8.42 Å². The summed E-state index contributed by atoms with van der Waals surface area (Å²) >= 11 is 9.14. The monoisotopic (exact) mass is 325 g/mol. The molecule has 1 aromatic rings. The van der Waals surface area contributed by atoms with Crippen molar-refractivity contribution in [3.8, 4) is 5.75 Å². The first kappa shape index (κ1) is 13.8. The van der Waals surface area contributed by atoms with E-state index in [0.29, 0.717) is 23.8 Å². The Hall–Kier alpha value is -0.260. The second-order valence-electron chi connectivity index (χ2n) is 3.26. The summed E-state index contributed by atoms with van der Waals surface area (Å²) in [5.41, 5.74) is 0. The molecule has 0 saturated carbocycles. The third kappa shape index (κ3) is 4.31. The van der Waals surface area contributed by atoms with Gasteiger partial charge in [-0.2, -0.15) is 0 Å². The van der Waals surface area contributed by atoms with Crippen LogP contribution in [-0.2, 0) is 10.7 Å². The van der Waals surface area contributed by atoms with Crippen LogP contribution in [0, 0.1) is 6.07 Å². The molecule has 0 fully saturated rings. The minimum atomic E-state index is -2.38. The number of ether oxygens (including phenoxy) is 1. The Labute approximate surface area is 110 Å². The summed E-state index contributed by atoms with van der Waals surface area (Å²) in [5, 5.41) is 0.0954. The Kier molecular flexibility index (Phi) is 5.58. The van der Waals surface area contributed by atoms with Crippen LogP contribution in [0.5, 0.6) is 5.75 Å². The Morgan fingerprint density at radius 1 is 1.62 bits per heavy atom. The molecule has 1 aromatic carbocycles. The second kappa shape index (κ2) is 6.47. The third-order valence-corrected chi connectivity index (χ3v) is 3.71. The van der Waals surface area contributed by atoms with Crippen molar-refractivity contribution in [3.05, 3.63) is 27.7 Å². The van der Waals surface area contributed by atoms with E-state index >= 15 is 0 Å². The van der Waals surface area contributed by atoms with E-state index in [1.807, 2.05) is 0 Å². The third-order valence-electron chi connectivity index (χ3n) is 1.98. The van der Waals surface area contributed by atoms with Crippen LogP contribution < -0.4 is 4.74 Å². The van der Waals surface area contributed by atoms with E-state index in [2.05, 4.69) is 22.0 Å². The van der Waals surface area contributed by atoms with Gasteiger partial charge in [-0.3, -0.25) is 0 Å². The van der Waals surface area contributed by atoms with Crippen LogP contribution in [0.2, 0.25) is 5.02 Å². The molecule has 89 valence electrons. The van der Waals surface area contributed by atoms with Gasteiger partial charge in [-0.15, -0.1) is 0 Å². The Morgan fingerprint density at radius 2 is 2.31 bits per heavy atom. The quantitative estimate of drug-likeness (QED) is 0.846. The summed E-state index contributed by atoms with van der Waals surface area (Å²) in [6.07, 6.45) is 0.450. The molecule has 3 nitrogen and oxygen atoms in total. The fourth-order valence-corrected chi connectivity index (χ4v) is 1.99. The van der Waals surface area contributed by atoms with Crippen LogP contribution in [0.3, 0.4) is 0 Å². The standard InChI is InChI=1S/C10H11BrClO3S/c1-7(16(13)14)4-5-15-10-3-2-8(11)6-9(10)12/h3,6-7,16H,4-5H2,1H3. The van der Waals surface area contributed by atoms with Crippen molar-refractivity contribution in [2.24, 2.45) is 0 Å². The first-order valence-corrected chi connectivity index (χ1v) is 7.05. The highest BCUT2D eigenvalue weighted by molar-refractivity contribution is 9.10. The van der Waals surface area contributed by atoms with Crippen LogP contribution in [0.4, 0.5) is 0 Å². The highest BCUT2D eigenvalue weighted by atomic mass is 79.9. The van der Waals surface area contributed by atoms with Crippen molar-refractivity contribution in [2.75, 3.05) is 6.61 Å². The molecule has 0 bridgehead atoms. The molecule has 1 rings (SSSR count). The van der Waals surface area contributed by atoms with Gasteiger partial charge in [0.15, 0.2) is 0 Å². The van der Waals surface area contributed by atoms with Crippen molar-refractivity contribution < 1.29 is 13.2 Å². The van der Waals surface area contributed by atoms with Gasteiger partial charge in [0, 0.05) is 10.5 Å². The highest BCUT2D eigenvalue weighted by Gasteiger charge is 2.06. The van der Waals surface area contributed by atoms with Crippen LogP contribution in [-0.4, -0.2) is 20.3 Å². The predicted octanol–water partition coefficient (Wildman–Crippen LogP) is 2.67. The molecular weight excluding hydrogens is 316 g/mol. The van der Waals surface area contributed by atoms with Gasteiger partial charge < -0.3 is 4.74 Å². The van der Waals surface area contributed by atoms with E-state index < -0.39 is 10.7 Å². The van der Waals surface area contributed by atoms with E-state index in [1.165, 1.54) is 0 Å². The van der Waals surface area contributed by atoms with Gasteiger partial charge in [-0.05, 0) is 25.5 Å². The van der Waals surface area contributed by atoms with Gasteiger partial charge in [0.1, 0.15) is 16.5 Å². The molecule has 0 heterocycles. The van der Waals surface area contributed by atoms with E-state index in [1.54, 1.807) is 19.1 Å². The van der Waals surface area contributed by atoms with Gasteiger partial charge in [0.2, 0.25) is 0 Å². The van der Waals surface area contributed by atoms with Crippen LogP contribution >= 0.6 is 27.5 Å². The van der Waals surface area contributed by atoms with E-state index in [0.717, 1.165) is 4.47 Å². The van der Waals surface area contributed by atoms with Gasteiger partial charge in [-0.1, -0.05) is 27.5 Å². The summed E-state index contributed by atoms with van der Waals surface area (Å²) in [6, 6.07) is 6.18. The van der Waals surface area contributed by atoms with Gasteiger partial charge in [0.25, 0.3) is 0 Å². The molecule has 0 N–H and O–H groups in total. The fourth-order valence-electron chi connectivity index (χ4n) is 0.983. The number of rotatable bonds is 5. The zero-order valence-electron chi connectivity index (χ0n) is 8.57. The first-order chi connectivity index (χ1) is 7.50. The molecule has 1 atom stereocenters. The Morgan fingerprint density at radius 3 is 2.88 bits per heavy atom. The zero-order valence-corrected chi connectivity index (χ0v) is 11.8. The lowest BCUT2D eigenvalue weighted by molar-refractivity contribution is 0.310.